The number of rotatable bonds is 5. The van der Waals surface area contributed by atoms with Crippen LogP contribution in [0.2, 0.25) is 0 Å². The molecular weight excluding hydrogens is 440 g/mol. The number of carbonyl (C=O) groups is 1. The van der Waals surface area contributed by atoms with Crippen LogP contribution in [0.1, 0.15) is 34.3 Å². The molecule has 5 nitrogen and oxygen atoms in total. The Morgan fingerprint density at radius 1 is 0.844 bits per heavy atom. The SMILES string of the molecule is O=C(Nc1cc2ccccc2s1)c1ccccc1NS(=O)(=O)c1ccc2c(c1)CCCC2. The van der Waals surface area contributed by atoms with Crippen LogP contribution in [0.15, 0.2) is 77.7 Å². The minimum atomic E-state index is -3.82. The Morgan fingerprint density at radius 2 is 1.59 bits per heavy atom. The molecule has 0 spiro atoms. The molecular formula is C25H22N2O3S2. The van der Waals surface area contributed by atoms with E-state index in [2.05, 4.69) is 10.0 Å². The second-order valence-corrected chi connectivity index (χ2v) is 10.7. The van der Waals surface area contributed by atoms with Crippen LogP contribution in [0.3, 0.4) is 0 Å². The zero-order valence-electron chi connectivity index (χ0n) is 17.3. The van der Waals surface area contributed by atoms with Crippen LogP contribution in [0, 0.1) is 0 Å². The fraction of sp³-hybridized carbons (Fsp3) is 0.160. The third-order valence-electron chi connectivity index (χ3n) is 5.71. The van der Waals surface area contributed by atoms with Gasteiger partial charge in [-0.2, -0.15) is 0 Å². The number of anilines is 2. The molecule has 0 radical (unpaired) electrons. The van der Waals surface area contributed by atoms with Gasteiger partial charge >= 0.3 is 0 Å². The van der Waals surface area contributed by atoms with E-state index < -0.39 is 10.0 Å². The lowest BCUT2D eigenvalue weighted by atomic mass is 9.92. The molecule has 1 amide bonds. The molecule has 1 aliphatic rings. The number of hydrogen-bond donors (Lipinski definition) is 2. The molecule has 1 aromatic heterocycles. The van der Waals surface area contributed by atoms with Crippen molar-refractivity contribution < 1.29 is 13.2 Å². The highest BCUT2D eigenvalue weighted by Crippen LogP contribution is 2.31. The quantitative estimate of drug-likeness (QED) is 0.392. The van der Waals surface area contributed by atoms with E-state index in [4.69, 9.17) is 0 Å². The van der Waals surface area contributed by atoms with E-state index in [9.17, 15) is 13.2 Å². The number of thiophene rings is 1. The predicted octanol–water partition coefficient (Wildman–Crippen LogP) is 5.83. The molecule has 0 unspecified atom stereocenters. The fourth-order valence-corrected chi connectivity index (χ4v) is 6.16. The Morgan fingerprint density at radius 3 is 2.44 bits per heavy atom. The highest BCUT2D eigenvalue weighted by Gasteiger charge is 2.21. The zero-order chi connectivity index (χ0) is 22.1. The minimum absolute atomic E-state index is 0.220. The van der Waals surface area contributed by atoms with Crippen LogP contribution < -0.4 is 10.0 Å². The molecule has 0 saturated carbocycles. The summed E-state index contributed by atoms with van der Waals surface area (Å²) >= 11 is 1.48. The average molecular weight is 463 g/mol. The first-order valence-electron chi connectivity index (χ1n) is 10.5. The number of sulfonamides is 1. The van der Waals surface area contributed by atoms with Crippen molar-refractivity contribution in [3.63, 3.8) is 0 Å². The minimum Gasteiger partial charge on any atom is -0.313 e. The Hall–Kier alpha value is -3.16. The maximum Gasteiger partial charge on any atom is 0.261 e. The van der Waals surface area contributed by atoms with Gasteiger partial charge in [0.1, 0.15) is 0 Å². The zero-order valence-corrected chi connectivity index (χ0v) is 18.9. The second kappa shape index (κ2) is 8.41. The molecule has 5 rings (SSSR count). The third-order valence-corrected chi connectivity index (χ3v) is 8.10. The Bertz CT molecular complexity index is 1390. The van der Waals surface area contributed by atoms with Crippen molar-refractivity contribution in [3.05, 3.63) is 89.5 Å². The molecule has 2 N–H and O–H groups in total. The van der Waals surface area contributed by atoms with Crippen LogP contribution >= 0.6 is 11.3 Å². The van der Waals surface area contributed by atoms with Crippen LogP contribution in [-0.4, -0.2) is 14.3 Å². The van der Waals surface area contributed by atoms with Gasteiger partial charge in [0, 0.05) is 4.70 Å². The van der Waals surface area contributed by atoms with Gasteiger partial charge in [0.25, 0.3) is 15.9 Å². The molecule has 4 aromatic rings. The maximum absolute atomic E-state index is 13.1. The summed E-state index contributed by atoms with van der Waals surface area (Å²) in [7, 11) is -3.82. The number of hydrogen-bond acceptors (Lipinski definition) is 4. The topological polar surface area (TPSA) is 75.3 Å². The summed E-state index contributed by atoms with van der Waals surface area (Å²) in [6.07, 6.45) is 4.10. The monoisotopic (exact) mass is 462 g/mol. The maximum atomic E-state index is 13.1. The van der Waals surface area contributed by atoms with Crippen molar-refractivity contribution >= 4 is 48.0 Å². The molecule has 3 aromatic carbocycles. The van der Waals surface area contributed by atoms with E-state index in [-0.39, 0.29) is 22.1 Å². The molecule has 0 bridgehead atoms. The van der Waals surface area contributed by atoms with E-state index in [1.165, 1.54) is 16.9 Å². The molecule has 162 valence electrons. The van der Waals surface area contributed by atoms with Gasteiger partial charge in [-0.25, -0.2) is 8.42 Å². The first-order valence-corrected chi connectivity index (χ1v) is 12.8. The molecule has 0 aliphatic heterocycles. The van der Waals surface area contributed by atoms with E-state index in [0.717, 1.165) is 41.3 Å². The molecule has 7 heteroatoms. The predicted molar refractivity (Wildman–Crippen MR) is 130 cm³/mol. The highest BCUT2D eigenvalue weighted by atomic mass is 32.2. The molecule has 0 saturated heterocycles. The van der Waals surface area contributed by atoms with Crippen molar-refractivity contribution in [2.24, 2.45) is 0 Å². The van der Waals surface area contributed by atoms with E-state index in [0.29, 0.717) is 5.00 Å². The lowest BCUT2D eigenvalue weighted by molar-refractivity contribution is 0.102. The molecule has 32 heavy (non-hydrogen) atoms. The van der Waals surface area contributed by atoms with Gasteiger partial charge in [-0.05, 0) is 78.6 Å². The molecule has 1 heterocycles. The number of benzene rings is 3. The summed E-state index contributed by atoms with van der Waals surface area (Å²) in [5, 5.41) is 4.66. The number of amides is 1. The summed E-state index contributed by atoms with van der Waals surface area (Å²) in [6, 6.07) is 21.8. The van der Waals surface area contributed by atoms with Gasteiger partial charge in [-0.3, -0.25) is 9.52 Å². The fourth-order valence-electron chi connectivity index (χ4n) is 4.07. The van der Waals surface area contributed by atoms with Crippen molar-refractivity contribution in [1.29, 1.82) is 0 Å². The average Bonchev–Trinajstić information content (AvgIpc) is 3.21. The highest BCUT2D eigenvalue weighted by molar-refractivity contribution is 7.92. The lowest BCUT2D eigenvalue weighted by Gasteiger charge is -2.17. The van der Waals surface area contributed by atoms with Gasteiger partial charge in [-0.15, -0.1) is 11.3 Å². The largest absolute Gasteiger partial charge is 0.313 e. The summed E-state index contributed by atoms with van der Waals surface area (Å²) in [5.41, 5.74) is 2.84. The smallest absolute Gasteiger partial charge is 0.261 e. The van der Waals surface area contributed by atoms with Crippen LogP contribution in [0.25, 0.3) is 10.1 Å². The number of nitrogens with one attached hydrogen (secondary N) is 2. The Balaban J connectivity index is 1.40. The van der Waals surface area contributed by atoms with Crippen molar-refractivity contribution in [3.8, 4) is 0 Å². The standard InChI is InChI=1S/C25H22N2O3S2/c28-25(26-24-16-19-9-3-6-12-23(19)31-24)21-10-4-5-11-22(21)27-32(29,30)20-14-13-17-7-1-2-8-18(17)15-20/h3-6,9-16,27H,1-2,7-8H2,(H,26,28). The Labute approximate surface area is 191 Å². The summed E-state index contributed by atoms with van der Waals surface area (Å²) in [4.78, 5) is 13.2. The number of para-hydroxylation sites is 1. The summed E-state index contributed by atoms with van der Waals surface area (Å²) in [6.45, 7) is 0. The Kier molecular flexibility index (Phi) is 5.45. The molecule has 1 aliphatic carbocycles. The number of fused-ring (bicyclic) bond motifs is 2. The number of aryl methyl sites for hydroxylation is 2. The molecule has 0 atom stereocenters. The van der Waals surface area contributed by atoms with Crippen LogP contribution in [-0.2, 0) is 22.9 Å². The van der Waals surface area contributed by atoms with Gasteiger partial charge in [0.2, 0.25) is 0 Å². The van der Waals surface area contributed by atoms with E-state index in [1.54, 1.807) is 36.4 Å². The summed E-state index contributed by atoms with van der Waals surface area (Å²) in [5.74, 6) is -0.361. The first kappa shape index (κ1) is 20.7. The van der Waals surface area contributed by atoms with Crippen molar-refractivity contribution in [2.45, 2.75) is 30.6 Å². The van der Waals surface area contributed by atoms with Crippen molar-refractivity contribution in [2.75, 3.05) is 10.0 Å². The van der Waals surface area contributed by atoms with Gasteiger partial charge in [0.15, 0.2) is 0 Å². The van der Waals surface area contributed by atoms with Gasteiger partial charge in [-0.1, -0.05) is 36.4 Å². The lowest BCUT2D eigenvalue weighted by Crippen LogP contribution is -2.18. The number of carbonyl (C=O) groups excluding carboxylic acids is 1. The first-order chi connectivity index (χ1) is 15.5. The van der Waals surface area contributed by atoms with E-state index >= 15 is 0 Å². The van der Waals surface area contributed by atoms with E-state index in [1.807, 2.05) is 36.4 Å². The molecule has 0 fully saturated rings. The van der Waals surface area contributed by atoms with Crippen LogP contribution in [0.4, 0.5) is 10.7 Å². The van der Waals surface area contributed by atoms with Crippen LogP contribution in [0.5, 0.6) is 0 Å². The normalized spacial score (nSPS) is 13.5. The van der Waals surface area contributed by atoms with Crippen molar-refractivity contribution in [1.82, 2.24) is 0 Å². The van der Waals surface area contributed by atoms with Gasteiger partial charge in [0.05, 0.1) is 21.1 Å². The summed E-state index contributed by atoms with van der Waals surface area (Å²) < 4.78 is 29.9. The second-order valence-electron chi connectivity index (χ2n) is 7.89. The third kappa shape index (κ3) is 4.13. The van der Waals surface area contributed by atoms with Gasteiger partial charge < -0.3 is 5.32 Å².